The second kappa shape index (κ2) is 6.25. The Bertz CT molecular complexity index is 525. The lowest BCUT2D eigenvalue weighted by Crippen LogP contribution is -2.70. The molecule has 0 aliphatic heterocycles. The summed E-state index contributed by atoms with van der Waals surface area (Å²) in [4.78, 5) is 0. The molecule has 0 heterocycles. The lowest BCUT2D eigenvalue weighted by Gasteiger charge is -2.61. The second-order valence-corrected chi connectivity index (χ2v) is 20.7. The van der Waals surface area contributed by atoms with Crippen LogP contribution in [0.25, 0.3) is 6.08 Å². The Morgan fingerprint density at radius 2 is 1.22 bits per heavy atom. The summed E-state index contributed by atoms with van der Waals surface area (Å²) in [6.45, 7) is 28.6. The van der Waals surface area contributed by atoms with Gasteiger partial charge in [0.2, 0.25) is 0 Å². The topological polar surface area (TPSA) is 3.24 Å². The molecule has 1 aromatic rings. The first-order valence-corrected chi connectivity index (χ1v) is 14.6. The first-order valence-electron chi connectivity index (χ1n) is 8.69. The van der Waals surface area contributed by atoms with Crippen molar-refractivity contribution < 1.29 is 0 Å². The van der Waals surface area contributed by atoms with Gasteiger partial charge in [0.1, 0.15) is 8.24 Å². The van der Waals surface area contributed by atoms with Gasteiger partial charge in [-0.05, 0) is 27.8 Å². The Balaban J connectivity index is 3.65. The van der Waals surface area contributed by atoms with Crippen LogP contribution in [0.15, 0.2) is 30.8 Å². The number of rotatable bonds is 4. The highest BCUT2D eigenvalue weighted by Gasteiger charge is 2.56. The molecule has 0 fully saturated rings. The minimum atomic E-state index is -1.82. The van der Waals surface area contributed by atoms with Crippen molar-refractivity contribution >= 4 is 28.2 Å². The molecule has 0 spiro atoms. The smallest absolute Gasteiger partial charge is 0.155 e. The highest BCUT2D eigenvalue weighted by Crippen LogP contribution is 2.55. The Morgan fingerprint density at radius 1 is 0.826 bits per heavy atom. The van der Waals surface area contributed by atoms with Gasteiger partial charge in [0.05, 0.1) is 0 Å². The van der Waals surface area contributed by atoms with E-state index in [1.165, 1.54) is 11.3 Å². The van der Waals surface area contributed by atoms with E-state index in [1.54, 1.807) is 0 Å². The van der Waals surface area contributed by atoms with Crippen molar-refractivity contribution in [3.05, 3.63) is 36.4 Å². The minimum Gasteiger partial charge on any atom is -0.424 e. The Hall–Kier alpha value is -0.806. The van der Waals surface area contributed by atoms with Crippen molar-refractivity contribution in [1.29, 1.82) is 0 Å². The summed E-state index contributed by atoms with van der Waals surface area (Å²) < 4.78 is 2.90. The quantitative estimate of drug-likeness (QED) is 0.523. The molecule has 0 atom stereocenters. The number of nitrogens with zero attached hydrogens (tertiary/aromatic N) is 1. The lowest BCUT2D eigenvalue weighted by atomic mass is 10.2. The van der Waals surface area contributed by atoms with Crippen molar-refractivity contribution in [2.45, 2.75) is 77.8 Å². The fourth-order valence-corrected chi connectivity index (χ4v) is 16.4. The summed E-state index contributed by atoms with van der Waals surface area (Å²) >= 11 is 0. The average Bonchev–Trinajstić information content (AvgIpc) is 2.35. The lowest BCUT2D eigenvalue weighted by molar-refractivity contribution is 0.613. The SMILES string of the molecule is C=Cc1ccc(N([Si](C)(C)C)[Si](C)(C(C)(C)C)C(C)(C)C)cc1. The van der Waals surface area contributed by atoms with Crippen molar-refractivity contribution in [2.75, 3.05) is 4.23 Å². The van der Waals surface area contributed by atoms with Crippen LogP contribution in [0.1, 0.15) is 47.1 Å². The molecule has 1 aromatic carbocycles. The molecule has 0 N–H and O–H groups in total. The van der Waals surface area contributed by atoms with Gasteiger partial charge in [-0.15, -0.1) is 0 Å². The van der Waals surface area contributed by atoms with Gasteiger partial charge in [0.15, 0.2) is 8.24 Å². The maximum Gasteiger partial charge on any atom is 0.155 e. The van der Waals surface area contributed by atoms with Gasteiger partial charge in [0, 0.05) is 5.69 Å². The maximum absolute atomic E-state index is 3.89. The summed E-state index contributed by atoms with van der Waals surface area (Å²) in [5.41, 5.74) is 2.59. The molecule has 1 nitrogen and oxygen atoms in total. The molecule has 0 bridgehead atoms. The summed E-state index contributed by atoms with van der Waals surface area (Å²) in [5.74, 6) is 0. The molecular formula is C20H37NSi2. The average molecular weight is 348 g/mol. The molecule has 130 valence electrons. The Morgan fingerprint density at radius 3 is 1.48 bits per heavy atom. The van der Waals surface area contributed by atoms with Crippen LogP contribution in [0.5, 0.6) is 0 Å². The Labute approximate surface area is 147 Å². The zero-order valence-corrected chi connectivity index (χ0v) is 19.0. The number of anilines is 1. The van der Waals surface area contributed by atoms with Gasteiger partial charge in [0.25, 0.3) is 0 Å². The zero-order chi connectivity index (χ0) is 18.3. The van der Waals surface area contributed by atoms with E-state index in [-0.39, 0.29) is 0 Å². The molecule has 0 aromatic heterocycles. The molecule has 0 aliphatic rings. The van der Waals surface area contributed by atoms with Gasteiger partial charge >= 0.3 is 0 Å². The number of benzene rings is 1. The van der Waals surface area contributed by atoms with E-state index in [2.05, 4.69) is 103 Å². The predicted molar refractivity (Wildman–Crippen MR) is 113 cm³/mol. The minimum absolute atomic E-state index is 0.294. The summed E-state index contributed by atoms with van der Waals surface area (Å²) in [6, 6.07) is 9.02. The molecule has 0 amide bonds. The van der Waals surface area contributed by atoms with Gasteiger partial charge in [-0.3, -0.25) is 0 Å². The predicted octanol–water partition coefficient (Wildman–Crippen LogP) is 7.15. The number of hydrogen-bond donors (Lipinski definition) is 0. The van der Waals surface area contributed by atoms with Gasteiger partial charge in [-0.25, -0.2) is 0 Å². The van der Waals surface area contributed by atoms with Gasteiger partial charge in [-0.2, -0.15) is 0 Å². The van der Waals surface area contributed by atoms with Crippen LogP contribution in [0.3, 0.4) is 0 Å². The highest BCUT2D eigenvalue weighted by atomic mass is 28.4. The first kappa shape index (κ1) is 20.2. The van der Waals surface area contributed by atoms with E-state index in [1.807, 2.05) is 6.08 Å². The summed E-state index contributed by atoms with van der Waals surface area (Å²) in [6.07, 6.45) is 1.92. The fourth-order valence-electron chi connectivity index (χ4n) is 3.87. The highest BCUT2D eigenvalue weighted by molar-refractivity contribution is 7.02. The largest absolute Gasteiger partial charge is 0.424 e. The van der Waals surface area contributed by atoms with Crippen LogP contribution in [0.4, 0.5) is 5.69 Å². The van der Waals surface area contributed by atoms with Crippen LogP contribution in [0, 0.1) is 0 Å². The molecule has 1 rings (SSSR count). The maximum atomic E-state index is 3.89. The van der Waals surface area contributed by atoms with Crippen molar-refractivity contribution in [3.63, 3.8) is 0 Å². The monoisotopic (exact) mass is 347 g/mol. The van der Waals surface area contributed by atoms with Gasteiger partial charge < -0.3 is 4.23 Å². The zero-order valence-electron chi connectivity index (χ0n) is 17.0. The third-order valence-corrected chi connectivity index (χ3v) is 17.4. The van der Waals surface area contributed by atoms with Gasteiger partial charge in [-0.1, -0.05) is 92.5 Å². The molecule has 0 radical (unpaired) electrons. The molecule has 0 saturated heterocycles. The normalized spacial score (nSPS) is 13.8. The van der Waals surface area contributed by atoms with Crippen LogP contribution < -0.4 is 4.23 Å². The number of hydrogen-bond acceptors (Lipinski definition) is 1. The van der Waals surface area contributed by atoms with Crippen molar-refractivity contribution in [3.8, 4) is 0 Å². The van der Waals surface area contributed by atoms with E-state index >= 15 is 0 Å². The molecule has 0 saturated carbocycles. The van der Waals surface area contributed by atoms with E-state index in [0.29, 0.717) is 10.1 Å². The molecule has 23 heavy (non-hydrogen) atoms. The molecule has 3 heteroatoms. The molecule has 0 aliphatic carbocycles. The standard InChI is InChI=1S/C20H37NSi2/c1-12-17-13-15-18(16-14-17)21(22(8,9)10)23(11,19(2,3)4)20(5,6)7/h12-16H,1H2,2-11H3. The first-order chi connectivity index (χ1) is 10.2. The molecular weight excluding hydrogens is 310 g/mol. The van der Waals surface area contributed by atoms with Crippen molar-refractivity contribution in [1.82, 2.24) is 0 Å². The fraction of sp³-hybridized carbons (Fsp3) is 0.600. The van der Waals surface area contributed by atoms with Crippen LogP contribution in [-0.2, 0) is 0 Å². The van der Waals surface area contributed by atoms with Crippen LogP contribution in [-0.4, -0.2) is 16.5 Å². The second-order valence-electron chi connectivity index (χ2n) is 9.87. The Kier molecular flexibility index (Phi) is 5.50. The van der Waals surface area contributed by atoms with Crippen molar-refractivity contribution in [2.24, 2.45) is 0 Å². The third kappa shape index (κ3) is 3.82. The summed E-state index contributed by atoms with van der Waals surface area (Å²) in [7, 11) is -3.36. The van der Waals surface area contributed by atoms with E-state index < -0.39 is 16.5 Å². The van der Waals surface area contributed by atoms with Crippen LogP contribution in [0.2, 0.25) is 36.3 Å². The van der Waals surface area contributed by atoms with E-state index in [4.69, 9.17) is 0 Å². The van der Waals surface area contributed by atoms with E-state index in [9.17, 15) is 0 Å². The third-order valence-electron chi connectivity index (χ3n) is 5.43. The van der Waals surface area contributed by atoms with E-state index in [0.717, 1.165) is 0 Å². The molecule has 0 unspecified atom stereocenters. The van der Waals surface area contributed by atoms with Crippen LogP contribution >= 0.6 is 0 Å². The summed E-state index contributed by atoms with van der Waals surface area (Å²) in [5, 5.41) is 0.589.